The topological polar surface area (TPSA) is 56.9 Å². The third kappa shape index (κ3) is 8.03. The third-order valence-electron chi connectivity index (χ3n) is 5.19. The smallest absolute Gasteiger partial charge is 0.188 e. The van der Waals surface area contributed by atoms with Crippen molar-refractivity contribution in [1.82, 2.24) is 15.1 Å². The van der Waals surface area contributed by atoms with Crippen molar-refractivity contribution in [2.75, 3.05) is 40.3 Å². The number of guanidine groups is 1. The number of nitrogens with zero attached hydrogens (tertiary/aromatic N) is 3. The molecule has 0 atom stereocenters. The second kappa shape index (κ2) is 11.5. The van der Waals surface area contributed by atoms with Crippen LogP contribution in [-0.2, 0) is 0 Å². The fraction of sp³-hybridized carbons (Fsp3) is 0.941. The first kappa shape index (κ1) is 21.0. The number of rotatable bonds is 5. The summed E-state index contributed by atoms with van der Waals surface area (Å²) in [6.07, 6.45) is 10.4. The highest BCUT2D eigenvalue weighted by molar-refractivity contribution is 14.0. The van der Waals surface area contributed by atoms with Crippen LogP contribution in [0.4, 0.5) is 0 Å². The Kier molecular flexibility index (Phi) is 10.5. The van der Waals surface area contributed by atoms with Gasteiger partial charge in [-0.15, -0.1) is 24.0 Å². The Balaban J connectivity index is 0.00000264. The normalized spacial score (nSPS) is 22.7. The van der Waals surface area contributed by atoms with Crippen molar-refractivity contribution < 1.29 is 0 Å². The molecule has 23 heavy (non-hydrogen) atoms. The second-order valence-corrected chi connectivity index (χ2v) is 7.14. The molecule has 2 fully saturated rings. The molecule has 1 heterocycles. The van der Waals surface area contributed by atoms with Crippen LogP contribution in [0, 0.1) is 0 Å². The molecule has 0 unspecified atom stereocenters. The zero-order valence-electron chi connectivity index (χ0n) is 15.0. The average molecular weight is 437 g/mol. The fourth-order valence-electron chi connectivity index (χ4n) is 3.65. The van der Waals surface area contributed by atoms with Gasteiger partial charge in [0, 0.05) is 18.6 Å². The summed E-state index contributed by atoms with van der Waals surface area (Å²) in [6.45, 7) is 4.23. The van der Waals surface area contributed by atoms with Crippen LogP contribution in [0.25, 0.3) is 0 Å². The highest BCUT2D eigenvalue weighted by atomic mass is 127. The Hall–Kier alpha value is -0.0800. The standard InChI is InChI=1S/C17H35N5.HI/c1-21(2)16-9-12-22(13-10-16)14-11-19-17(18)20-15-7-5-3-4-6-8-15;/h15-16H,3-14H2,1-2H3,(H3,18,19,20);1H. The molecular formula is C17H36IN5. The lowest BCUT2D eigenvalue weighted by atomic mass is 10.0. The molecule has 2 rings (SSSR count). The van der Waals surface area contributed by atoms with E-state index >= 15 is 0 Å². The summed E-state index contributed by atoms with van der Waals surface area (Å²) >= 11 is 0. The molecule has 6 heteroatoms. The van der Waals surface area contributed by atoms with Crippen LogP contribution in [0.3, 0.4) is 0 Å². The molecule has 0 aromatic carbocycles. The lowest BCUT2D eigenvalue weighted by Gasteiger charge is -2.34. The number of hydrogen-bond donors (Lipinski definition) is 2. The molecule has 1 saturated carbocycles. The minimum absolute atomic E-state index is 0. The van der Waals surface area contributed by atoms with Crippen LogP contribution in [0.15, 0.2) is 4.99 Å². The van der Waals surface area contributed by atoms with Crippen molar-refractivity contribution in [3.8, 4) is 0 Å². The van der Waals surface area contributed by atoms with E-state index < -0.39 is 0 Å². The van der Waals surface area contributed by atoms with E-state index in [0.29, 0.717) is 12.0 Å². The Morgan fingerprint density at radius 1 is 1.09 bits per heavy atom. The molecule has 1 aliphatic heterocycles. The SMILES string of the molecule is CN(C)C1CCN(CCN=C(N)NC2CCCCCC2)CC1.I. The van der Waals surface area contributed by atoms with Crippen molar-refractivity contribution in [2.45, 2.75) is 63.5 Å². The zero-order valence-corrected chi connectivity index (χ0v) is 17.3. The van der Waals surface area contributed by atoms with E-state index in [4.69, 9.17) is 5.73 Å². The maximum atomic E-state index is 6.05. The molecule has 1 aliphatic carbocycles. The van der Waals surface area contributed by atoms with E-state index in [1.165, 1.54) is 64.5 Å². The van der Waals surface area contributed by atoms with Gasteiger partial charge in [0.1, 0.15) is 0 Å². The van der Waals surface area contributed by atoms with Crippen LogP contribution in [0.5, 0.6) is 0 Å². The third-order valence-corrected chi connectivity index (χ3v) is 5.19. The predicted molar refractivity (Wildman–Crippen MR) is 110 cm³/mol. The predicted octanol–water partition coefficient (Wildman–Crippen LogP) is 2.26. The summed E-state index contributed by atoms with van der Waals surface area (Å²) in [5.74, 6) is 0.648. The number of hydrogen-bond acceptors (Lipinski definition) is 3. The Morgan fingerprint density at radius 3 is 2.26 bits per heavy atom. The molecule has 5 nitrogen and oxygen atoms in total. The van der Waals surface area contributed by atoms with Crippen molar-refractivity contribution >= 4 is 29.9 Å². The molecule has 2 aliphatic rings. The van der Waals surface area contributed by atoms with Crippen LogP contribution in [-0.4, -0.2) is 68.1 Å². The molecule has 1 saturated heterocycles. The van der Waals surface area contributed by atoms with Gasteiger partial charge in [-0.1, -0.05) is 25.7 Å². The van der Waals surface area contributed by atoms with Gasteiger partial charge in [-0.3, -0.25) is 4.99 Å². The van der Waals surface area contributed by atoms with Crippen molar-refractivity contribution in [3.63, 3.8) is 0 Å². The van der Waals surface area contributed by atoms with Crippen LogP contribution in [0.1, 0.15) is 51.4 Å². The van der Waals surface area contributed by atoms with E-state index in [0.717, 1.165) is 19.1 Å². The zero-order chi connectivity index (χ0) is 15.8. The molecule has 0 radical (unpaired) electrons. The van der Waals surface area contributed by atoms with E-state index in [1.54, 1.807) is 0 Å². The van der Waals surface area contributed by atoms with E-state index in [2.05, 4.69) is 34.2 Å². The lowest BCUT2D eigenvalue weighted by molar-refractivity contribution is 0.148. The average Bonchev–Trinajstić information content (AvgIpc) is 2.76. The number of halogens is 1. The maximum absolute atomic E-state index is 6.05. The summed E-state index contributed by atoms with van der Waals surface area (Å²) < 4.78 is 0. The Bertz CT molecular complexity index is 332. The number of nitrogens with two attached hydrogens (primary N) is 1. The van der Waals surface area contributed by atoms with Gasteiger partial charge in [0.05, 0.1) is 6.54 Å². The van der Waals surface area contributed by atoms with E-state index in [-0.39, 0.29) is 24.0 Å². The molecule has 0 bridgehead atoms. The first-order valence-corrected chi connectivity index (χ1v) is 9.10. The molecule has 0 amide bonds. The molecule has 0 spiro atoms. The number of nitrogens with one attached hydrogen (secondary N) is 1. The van der Waals surface area contributed by atoms with Gasteiger partial charge >= 0.3 is 0 Å². The minimum Gasteiger partial charge on any atom is -0.370 e. The monoisotopic (exact) mass is 437 g/mol. The van der Waals surface area contributed by atoms with Crippen LogP contribution in [0.2, 0.25) is 0 Å². The largest absolute Gasteiger partial charge is 0.370 e. The van der Waals surface area contributed by atoms with Crippen molar-refractivity contribution in [1.29, 1.82) is 0 Å². The Labute approximate surface area is 159 Å². The molecular weight excluding hydrogens is 401 g/mol. The number of aliphatic imine (C=N–C) groups is 1. The van der Waals surface area contributed by atoms with Crippen molar-refractivity contribution in [2.24, 2.45) is 10.7 Å². The van der Waals surface area contributed by atoms with Gasteiger partial charge in [0.2, 0.25) is 0 Å². The highest BCUT2D eigenvalue weighted by Crippen LogP contribution is 2.17. The summed E-state index contributed by atoms with van der Waals surface area (Å²) in [4.78, 5) is 9.40. The number of piperidine rings is 1. The molecule has 3 N–H and O–H groups in total. The second-order valence-electron chi connectivity index (χ2n) is 7.14. The Morgan fingerprint density at radius 2 is 1.70 bits per heavy atom. The summed E-state index contributed by atoms with van der Waals surface area (Å²) in [6, 6.07) is 1.30. The summed E-state index contributed by atoms with van der Waals surface area (Å²) in [5, 5.41) is 3.42. The van der Waals surface area contributed by atoms with Gasteiger partial charge in [0.15, 0.2) is 5.96 Å². The highest BCUT2D eigenvalue weighted by Gasteiger charge is 2.20. The summed E-state index contributed by atoms with van der Waals surface area (Å²) in [5.41, 5.74) is 6.05. The first-order chi connectivity index (χ1) is 10.6. The minimum atomic E-state index is 0. The van der Waals surface area contributed by atoms with Crippen molar-refractivity contribution in [3.05, 3.63) is 0 Å². The molecule has 0 aromatic rings. The van der Waals surface area contributed by atoms with Gasteiger partial charge in [-0.05, 0) is 52.9 Å². The molecule has 136 valence electrons. The fourth-order valence-corrected chi connectivity index (χ4v) is 3.65. The van der Waals surface area contributed by atoms with Crippen LogP contribution < -0.4 is 11.1 Å². The lowest BCUT2D eigenvalue weighted by Crippen LogP contribution is -2.43. The van der Waals surface area contributed by atoms with E-state index in [1.807, 2.05) is 0 Å². The number of likely N-dealkylation sites (tertiary alicyclic amines) is 1. The molecule has 0 aromatic heterocycles. The van der Waals surface area contributed by atoms with Gasteiger partial charge in [0.25, 0.3) is 0 Å². The maximum Gasteiger partial charge on any atom is 0.188 e. The first-order valence-electron chi connectivity index (χ1n) is 9.10. The van der Waals surface area contributed by atoms with Gasteiger partial charge in [-0.2, -0.15) is 0 Å². The van der Waals surface area contributed by atoms with Crippen LogP contribution >= 0.6 is 24.0 Å². The summed E-state index contributed by atoms with van der Waals surface area (Å²) in [7, 11) is 4.37. The van der Waals surface area contributed by atoms with E-state index in [9.17, 15) is 0 Å². The van der Waals surface area contributed by atoms with Gasteiger partial charge < -0.3 is 20.9 Å². The quantitative estimate of drug-likeness (QED) is 0.300. The van der Waals surface area contributed by atoms with Gasteiger partial charge in [-0.25, -0.2) is 0 Å².